The first-order chi connectivity index (χ1) is 15.2. The minimum Gasteiger partial charge on any atom is -0.358 e. The lowest BCUT2D eigenvalue weighted by Crippen LogP contribution is -1.98. The van der Waals surface area contributed by atoms with Crippen molar-refractivity contribution in [2.75, 3.05) is 5.32 Å². The maximum atomic E-state index is 4.56. The molecule has 0 atom stereocenters. The van der Waals surface area contributed by atoms with Crippen molar-refractivity contribution in [3.63, 3.8) is 0 Å². The Morgan fingerprint density at radius 2 is 2.03 bits per heavy atom. The van der Waals surface area contributed by atoms with Crippen LogP contribution in [0.1, 0.15) is 26.2 Å². The number of H-pyrrole nitrogens is 2. The Kier molecular flexibility index (Phi) is 4.96. The number of aromatic nitrogens is 5. The molecular weight excluding hydrogens is 384 g/mol. The number of unbranched alkanes of at least 4 members (excludes halogenated alkanes) is 1. The maximum absolute atomic E-state index is 4.56. The van der Waals surface area contributed by atoms with Gasteiger partial charge >= 0.3 is 0 Å². The average molecular weight is 409 g/mol. The first-order valence-electron chi connectivity index (χ1n) is 10.5. The summed E-state index contributed by atoms with van der Waals surface area (Å²) < 4.78 is 0. The lowest BCUT2D eigenvalue weighted by Gasteiger charge is -2.10. The fraction of sp³-hybridized carbons (Fsp3) is 0.160. The standard InChI is InChI=1S/C25H24N6/c1-3-4-6-16(2)28-20-11-19(14-26-15-20)17-8-9-22-21(12-17)24(31-30-22)23-13-18-7-5-10-27-25(18)29-23/h5,7-15,28H,2-4,6H2,1H3,(H,27,29)(H,30,31). The third-order valence-corrected chi connectivity index (χ3v) is 5.43. The number of allylic oxidation sites excluding steroid dienone is 1. The predicted molar refractivity (Wildman–Crippen MR) is 127 cm³/mol. The van der Waals surface area contributed by atoms with Gasteiger partial charge in [0.05, 0.1) is 23.1 Å². The highest BCUT2D eigenvalue weighted by atomic mass is 15.1. The lowest BCUT2D eigenvalue weighted by molar-refractivity contribution is 0.791. The SMILES string of the molecule is C=C(CCCC)Nc1cncc(-c2ccc3[nH]nc(-c4cc5cccnc5[nH]4)c3c2)c1. The molecule has 31 heavy (non-hydrogen) atoms. The van der Waals surface area contributed by atoms with Crippen molar-refractivity contribution in [2.24, 2.45) is 0 Å². The van der Waals surface area contributed by atoms with Gasteiger partial charge in [-0.05, 0) is 54.8 Å². The van der Waals surface area contributed by atoms with Crippen molar-refractivity contribution in [3.8, 4) is 22.5 Å². The fourth-order valence-electron chi connectivity index (χ4n) is 3.81. The van der Waals surface area contributed by atoms with E-state index in [0.29, 0.717) is 0 Å². The van der Waals surface area contributed by atoms with E-state index in [-0.39, 0.29) is 0 Å². The molecule has 4 aromatic heterocycles. The molecule has 0 aliphatic heterocycles. The highest BCUT2D eigenvalue weighted by Crippen LogP contribution is 2.32. The Morgan fingerprint density at radius 1 is 1.10 bits per heavy atom. The van der Waals surface area contributed by atoms with Crippen molar-refractivity contribution >= 4 is 27.6 Å². The van der Waals surface area contributed by atoms with Gasteiger partial charge in [0.25, 0.3) is 0 Å². The summed E-state index contributed by atoms with van der Waals surface area (Å²) >= 11 is 0. The summed E-state index contributed by atoms with van der Waals surface area (Å²) in [4.78, 5) is 12.2. The molecule has 6 heteroatoms. The molecular formula is C25H24N6. The number of nitrogens with one attached hydrogen (secondary N) is 3. The van der Waals surface area contributed by atoms with Crippen molar-refractivity contribution in [2.45, 2.75) is 26.2 Å². The molecule has 4 heterocycles. The second-order valence-corrected chi connectivity index (χ2v) is 7.75. The van der Waals surface area contributed by atoms with Crippen molar-refractivity contribution in [1.82, 2.24) is 25.1 Å². The second-order valence-electron chi connectivity index (χ2n) is 7.75. The van der Waals surface area contributed by atoms with Crippen molar-refractivity contribution < 1.29 is 0 Å². The largest absolute Gasteiger partial charge is 0.358 e. The third-order valence-electron chi connectivity index (χ3n) is 5.43. The monoisotopic (exact) mass is 408 g/mol. The second kappa shape index (κ2) is 8.07. The molecule has 0 radical (unpaired) electrons. The molecule has 154 valence electrons. The molecule has 0 aliphatic rings. The average Bonchev–Trinajstić information content (AvgIpc) is 3.41. The number of hydrogen-bond donors (Lipinski definition) is 3. The Balaban J connectivity index is 1.49. The first kappa shape index (κ1) is 19.1. The van der Waals surface area contributed by atoms with E-state index in [9.17, 15) is 0 Å². The van der Waals surface area contributed by atoms with Crippen LogP contribution in [0.15, 0.2) is 73.3 Å². The summed E-state index contributed by atoms with van der Waals surface area (Å²) in [5, 5.41) is 13.2. The van der Waals surface area contributed by atoms with Crippen LogP contribution in [0.25, 0.3) is 44.5 Å². The zero-order valence-electron chi connectivity index (χ0n) is 17.4. The van der Waals surface area contributed by atoms with Crippen LogP contribution in [0.2, 0.25) is 0 Å². The number of benzene rings is 1. The van der Waals surface area contributed by atoms with Crippen molar-refractivity contribution in [3.05, 3.63) is 73.3 Å². The molecule has 3 N–H and O–H groups in total. The Labute approximate surface area is 180 Å². The maximum Gasteiger partial charge on any atom is 0.137 e. The number of hydrogen-bond acceptors (Lipinski definition) is 4. The van der Waals surface area contributed by atoms with Crippen LogP contribution < -0.4 is 5.32 Å². The highest BCUT2D eigenvalue weighted by molar-refractivity contribution is 5.97. The van der Waals surface area contributed by atoms with E-state index in [1.165, 1.54) is 0 Å². The minimum absolute atomic E-state index is 0.857. The molecule has 0 unspecified atom stereocenters. The summed E-state index contributed by atoms with van der Waals surface area (Å²) in [7, 11) is 0. The zero-order chi connectivity index (χ0) is 21.2. The molecule has 0 amide bonds. The zero-order valence-corrected chi connectivity index (χ0v) is 17.4. The van der Waals surface area contributed by atoms with Crippen LogP contribution in [0.3, 0.4) is 0 Å². The van der Waals surface area contributed by atoms with E-state index in [1.807, 2.05) is 24.5 Å². The number of fused-ring (bicyclic) bond motifs is 2. The number of pyridine rings is 2. The van der Waals surface area contributed by atoms with Gasteiger partial charge in [-0.1, -0.05) is 26.0 Å². The topological polar surface area (TPSA) is 82.3 Å². The molecule has 6 nitrogen and oxygen atoms in total. The fourth-order valence-corrected chi connectivity index (χ4v) is 3.81. The minimum atomic E-state index is 0.857. The molecule has 0 bridgehead atoms. The van der Waals surface area contributed by atoms with Gasteiger partial charge in [0.1, 0.15) is 11.3 Å². The van der Waals surface area contributed by atoms with Gasteiger partial charge in [0.15, 0.2) is 0 Å². The molecule has 1 aromatic carbocycles. The van der Waals surface area contributed by atoms with E-state index in [0.717, 1.165) is 75.1 Å². The van der Waals surface area contributed by atoms with Gasteiger partial charge in [-0.2, -0.15) is 5.10 Å². The Morgan fingerprint density at radius 3 is 2.90 bits per heavy atom. The Bertz CT molecular complexity index is 1340. The summed E-state index contributed by atoms with van der Waals surface area (Å²) in [6.45, 7) is 6.31. The number of rotatable bonds is 7. The van der Waals surface area contributed by atoms with E-state index in [4.69, 9.17) is 0 Å². The van der Waals surface area contributed by atoms with Crippen LogP contribution in [0, 0.1) is 0 Å². The molecule has 0 aliphatic carbocycles. The summed E-state index contributed by atoms with van der Waals surface area (Å²) in [5.41, 5.74) is 7.76. The van der Waals surface area contributed by atoms with Gasteiger partial charge in [0, 0.05) is 34.4 Å². The number of aromatic amines is 2. The first-order valence-corrected chi connectivity index (χ1v) is 10.5. The van der Waals surface area contributed by atoms with Gasteiger partial charge in [-0.15, -0.1) is 0 Å². The molecule has 5 aromatic rings. The smallest absolute Gasteiger partial charge is 0.137 e. The summed E-state index contributed by atoms with van der Waals surface area (Å²) in [5.74, 6) is 0. The van der Waals surface area contributed by atoms with Crippen molar-refractivity contribution in [1.29, 1.82) is 0 Å². The number of anilines is 1. The van der Waals surface area contributed by atoms with E-state index < -0.39 is 0 Å². The van der Waals surface area contributed by atoms with E-state index in [2.05, 4.69) is 74.3 Å². The van der Waals surface area contributed by atoms with Crippen LogP contribution in [0.4, 0.5) is 5.69 Å². The normalized spacial score (nSPS) is 11.3. The highest BCUT2D eigenvalue weighted by Gasteiger charge is 2.13. The Hall–Kier alpha value is -3.93. The van der Waals surface area contributed by atoms with Crippen LogP contribution in [-0.4, -0.2) is 25.1 Å². The number of nitrogens with zero attached hydrogens (tertiary/aromatic N) is 3. The van der Waals surface area contributed by atoms with Gasteiger partial charge in [-0.3, -0.25) is 10.1 Å². The van der Waals surface area contributed by atoms with E-state index >= 15 is 0 Å². The van der Waals surface area contributed by atoms with Crippen LogP contribution in [0.5, 0.6) is 0 Å². The van der Waals surface area contributed by atoms with E-state index in [1.54, 1.807) is 6.20 Å². The summed E-state index contributed by atoms with van der Waals surface area (Å²) in [6, 6.07) is 14.5. The van der Waals surface area contributed by atoms with Gasteiger partial charge in [-0.25, -0.2) is 4.98 Å². The molecule has 0 saturated carbocycles. The molecule has 0 fully saturated rings. The van der Waals surface area contributed by atoms with Crippen LogP contribution in [-0.2, 0) is 0 Å². The quantitative estimate of drug-likeness (QED) is 0.296. The lowest BCUT2D eigenvalue weighted by atomic mass is 10.0. The summed E-state index contributed by atoms with van der Waals surface area (Å²) in [6.07, 6.45) is 8.74. The third kappa shape index (κ3) is 3.80. The van der Waals surface area contributed by atoms with Gasteiger partial charge < -0.3 is 10.3 Å². The predicted octanol–water partition coefficient (Wildman–Crippen LogP) is 6.28. The van der Waals surface area contributed by atoms with Gasteiger partial charge in [0.2, 0.25) is 0 Å². The van der Waals surface area contributed by atoms with Crippen LogP contribution >= 0.6 is 0 Å². The molecule has 0 spiro atoms. The molecule has 5 rings (SSSR count). The molecule has 0 saturated heterocycles.